The van der Waals surface area contributed by atoms with Crippen molar-refractivity contribution in [3.05, 3.63) is 35.6 Å². The Balaban J connectivity index is 1.95. The van der Waals surface area contributed by atoms with Crippen molar-refractivity contribution in [1.29, 1.82) is 0 Å². The second-order valence-corrected chi connectivity index (χ2v) is 5.76. The number of hydrogen-bond donors (Lipinski definition) is 1. The second kappa shape index (κ2) is 6.80. The van der Waals surface area contributed by atoms with Crippen molar-refractivity contribution in [1.82, 2.24) is 4.90 Å². The van der Waals surface area contributed by atoms with Crippen LogP contribution in [0.5, 0.6) is 0 Å². The minimum Gasteiger partial charge on any atom is -0.369 e. The first-order valence-corrected chi connectivity index (χ1v) is 7.26. The molecule has 0 saturated carbocycles. The lowest BCUT2D eigenvalue weighted by Crippen LogP contribution is -2.47. The first kappa shape index (κ1) is 15.6. The molecule has 2 unspecified atom stereocenters. The highest BCUT2D eigenvalue weighted by Crippen LogP contribution is 2.21. The summed E-state index contributed by atoms with van der Waals surface area (Å²) in [7, 11) is 0. The lowest BCUT2D eigenvalue weighted by atomic mass is 9.92. The zero-order valence-corrected chi connectivity index (χ0v) is 12.2. The average molecular weight is 292 g/mol. The number of hydrogen-bond acceptors (Lipinski definition) is 3. The minimum absolute atomic E-state index is 0.0444. The third-order valence-corrected chi connectivity index (χ3v) is 4.14. The Hall–Kier alpha value is -1.75. The molecule has 2 N–H and O–H groups in total. The number of amides is 1. The van der Waals surface area contributed by atoms with Gasteiger partial charge in [-0.15, -0.1) is 0 Å². The van der Waals surface area contributed by atoms with Crippen molar-refractivity contribution in [3.63, 3.8) is 0 Å². The van der Waals surface area contributed by atoms with E-state index in [2.05, 4.69) is 0 Å². The number of primary amides is 1. The van der Waals surface area contributed by atoms with E-state index in [0.29, 0.717) is 12.1 Å². The molecule has 0 bridgehead atoms. The van der Waals surface area contributed by atoms with E-state index in [1.807, 2.05) is 11.8 Å². The highest BCUT2D eigenvalue weighted by atomic mass is 19.1. The first-order valence-electron chi connectivity index (χ1n) is 7.26. The molecule has 1 aliphatic rings. The maximum atomic E-state index is 13.5. The molecule has 5 heteroatoms. The number of ketones is 1. The molecule has 0 radical (unpaired) electrons. The molecular weight excluding hydrogens is 271 g/mol. The largest absolute Gasteiger partial charge is 0.369 e. The number of nitrogens with zero attached hydrogens (tertiary/aromatic N) is 1. The molecule has 114 valence electrons. The molecule has 1 aromatic carbocycles. The number of benzene rings is 1. The van der Waals surface area contributed by atoms with Gasteiger partial charge in [0.2, 0.25) is 5.91 Å². The Labute approximate surface area is 124 Å². The molecule has 2 atom stereocenters. The number of carbonyl (C=O) groups is 2. The number of Topliss-reactive ketones (excluding diaryl/α,β-unsaturated/α-hetero) is 1. The molecule has 1 aromatic rings. The van der Waals surface area contributed by atoms with Gasteiger partial charge in [0.15, 0.2) is 5.78 Å². The van der Waals surface area contributed by atoms with E-state index < -0.39 is 0 Å². The molecule has 0 aromatic heterocycles. The highest BCUT2D eigenvalue weighted by molar-refractivity contribution is 5.83. The number of carbonyl (C=O) groups excluding carboxylic acids is 2. The summed E-state index contributed by atoms with van der Waals surface area (Å²) in [6.07, 6.45) is 1.70. The van der Waals surface area contributed by atoms with Crippen molar-refractivity contribution >= 4 is 11.7 Å². The summed E-state index contributed by atoms with van der Waals surface area (Å²) in [6.45, 7) is 2.78. The second-order valence-electron chi connectivity index (χ2n) is 5.76. The monoisotopic (exact) mass is 292 g/mol. The normalized spacial score (nSPS) is 23.0. The Kier molecular flexibility index (Phi) is 5.07. The molecular formula is C16H21FN2O2. The van der Waals surface area contributed by atoms with Crippen LogP contribution >= 0.6 is 0 Å². The summed E-state index contributed by atoms with van der Waals surface area (Å²) in [5, 5.41) is 0. The van der Waals surface area contributed by atoms with Gasteiger partial charge in [0.05, 0.1) is 12.5 Å². The molecule has 0 aliphatic carbocycles. The molecule has 1 heterocycles. The summed E-state index contributed by atoms with van der Waals surface area (Å²) in [5.74, 6) is -0.902. The summed E-state index contributed by atoms with van der Waals surface area (Å²) in [6, 6.07) is 6.55. The van der Waals surface area contributed by atoms with Crippen molar-refractivity contribution < 1.29 is 14.0 Å². The zero-order chi connectivity index (χ0) is 15.4. The van der Waals surface area contributed by atoms with Crippen LogP contribution in [0.2, 0.25) is 0 Å². The molecule has 1 aliphatic heterocycles. The van der Waals surface area contributed by atoms with E-state index in [0.717, 1.165) is 12.8 Å². The third kappa shape index (κ3) is 4.11. The Bertz CT molecular complexity index is 533. The van der Waals surface area contributed by atoms with Crippen molar-refractivity contribution in [2.75, 3.05) is 13.1 Å². The van der Waals surface area contributed by atoms with Gasteiger partial charge in [0.1, 0.15) is 5.82 Å². The lowest BCUT2D eigenvalue weighted by Gasteiger charge is -2.36. The minimum atomic E-state index is -0.354. The predicted molar refractivity (Wildman–Crippen MR) is 78.1 cm³/mol. The quantitative estimate of drug-likeness (QED) is 0.895. The fourth-order valence-corrected chi connectivity index (χ4v) is 2.77. The van der Waals surface area contributed by atoms with Gasteiger partial charge < -0.3 is 5.73 Å². The van der Waals surface area contributed by atoms with E-state index in [4.69, 9.17) is 5.73 Å². The van der Waals surface area contributed by atoms with E-state index >= 15 is 0 Å². The van der Waals surface area contributed by atoms with E-state index in [1.54, 1.807) is 18.2 Å². The zero-order valence-electron chi connectivity index (χ0n) is 12.2. The van der Waals surface area contributed by atoms with Crippen LogP contribution in [-0.4, -0.2) is 35.7 Å². The van der Waals surface area contributed by atoms with Gasteiger partial charge in [-0.25, -0.2) is 4.39 Å². The van der Waals surface area contributed by atoms with E-state index in [9.17, 15) is 14.0 Å². The fraction of sp³-hybridized carbons (Fsp3) is 0.500. The van der Waals surface area contributed by atoms with Gasteiger partial charge in [0, 0.05) is 19.0 Å². The SMILES string of the molecule is CC1CCC(C(N)=O)CN1CC(=O)Cc1ccccc1F. The van der Waals surface area contributed by atoms with E-state index in [1.165, 1.54) is 6.07 Å². The molecule has 1 fully saturated rings. The van der Waals surface area contributed by atoms with Gasteiger partial charge in [-0.1, -0.05) is 18.2 Å². The summed E-state index contributed by atoms with van der Waals surface area (Å²) in [5.41, 5.74) is 5.76. The van der Waals surface area contributed by atoms with Gasteiger partial charge >= 0.3 is 0 Å². The van der Waals surface area contributed by atoms with Gasteiger partial charge in [-0.2, -0.15) is 0 Å². The number of nitrogens with two attached hydrogens (primary N) is 1. The van der Waals surface area contributed by atoms with Crippen LogP contribution in [0.25, 0.3) is 0 Å². The molecule has 1 amide bonds. The first-order chi connectivity index (χ1) is 9.97. The molecule has 21 heavy (non-hydrogen) atoms. The molecule has 0 spiro atoms. The Morgan fingerprint density at radius 3 is 2.71 bits per heavy atom. The number of rotatable bonds is 5. The van der Waals surface area contributed by atoms with Crippen LogP contribution in [0.3, 0.4) is 0 Å². The van der Waals surface area contributed by atoms with Crippen molar-refractivity contribution in [2.45, 2.75) is 32.2 Å². The molecule has 4 nitrogen and oxygen atoms in total. The molecule has 2 rings (SSSR count). The van der Waals surface area contributed by atoms with E-state index in [-0.39, 0.29) is 42.4 Å². The topological polar surface area (TPSA) is 63.4 Å². The Morgan fingerprint density at radius 1 is 1.33 bits per heavy atom. The number of piperidine rings is 1. The summed E-state index contributed by atoms with van der Waals surface area (Å²) >= 11 is 0. The molecule has 1 saturated heterocycles. The van der Waals surface area contributed by atoms with Gasteiger partial charge in [-0.3, -0.25) is 14.5 Å². The van der Waals surface area contributed by atoms with Crippen molar-refractivity contribution in [2.24, 2.45) is 11.7 Å². The summed E-state index contributed by atoms with van der Waals surface area (Å²) in [4.78, 5) is 25.4. The van der Waals surface area contributed by atoms with Crippen LogP contribution in [-0.2, 0) is 16.0 Å². The number of halogens is 1. The third-order valence-electron chi connectivity index (χ3n) is 4.14. The van der Waals surface area contributed by atoms with Crippen molar-refractivity contribution in [3.8, 4) is 0 Å². The van der Waals surface area contributed by atoms with Crippen LogP contribution < -0.4 is 5.73 Å². The highest BCUT2D eigenvalue weighted by Gasteiger charge is 2.29. The van der Waals surface area contributed by atoms with Gasteiger partial charge in [0.25, 0.3) is 0 Å². The predicted octanol–water partition coefficient (Wildman–Crippen LogP) is 1.52. The maximum Gasteiger partial charge on any atom is 0.221 e. The standard InChI is InChI=1S/C16H21FN2O2/c1-11-6-7-13(16(18)21)9-19(11)10-14(20)8-12-4-2-3-5-15(12)17/h2-5,11,13H,6-10H2,1H3,(H2,18,21). The summed E-state index contributed by atoms with van der Waals surface area (Å²) < 4.78 is 13.5. The van der Waals surface area contributed by atoms with Crippen LogP contribution in [0.15, 0.2) is 24.3 Å². The van der Waals surface area contributed by atoms with Gasteiger partial charge in [-0.05, 0) is 31.4 Å². The van der Waals surface area contributed by atoms with Crippen LogP contribution in [0.4, 0.5) is 4.39 Å². The number of likely N-dealkylation sites (tertiary alicyclic amines) is 1. The Morgan fingerprint density at radius 2 is 2.05 bits per heavy atom. The maximum absolute atomic E-state index is 13.5. The average Bonchev–Trinajstić information content (AvgIpc) is 2.43. The van der Waals surface area contributed by atoms with Crippen LogP contribution in [0.1, 0.15) is 25.3 Å². The lowest BCUT2D eigenvalue weighted by molar-refractivity contribution is -0.126. The van der Waals surface area contributed by atoms with Crippen LogP contribution in [0, 0.1) is 11.7 Å². The fourth-order valence-electron chi connectivity index (χ4n) is 2.77. The smallest absolute Gasteiger partial charge is 0.221 e.